The molecule has 3 aliphatic rings. The fourth-order valence-electron chi connectivity index (χ4n) is 3.70. The molecular formula is C18H25N5O4. The van der Waals surface area contributed by atoms with Gasteiger partial charge in [-0.3, -0.25) is 9.59 Å². The van der Waals surface area contributed by atoms with Crippen molar-refractivity contribution in [1.82, 2.24) is 19.8 Å². The van der Waals surface area contributed by atoms with Crippen molar-refractivity contribution in [3.8, 4) is 0 Å². The van der Waals surface area contributed by atoms with E-state index in [0.29, 0.717) is 51.7 Å². The van der Waals surface area contributed by atoms with E-state index in [1.807, 2.05) is 0 Å². The number of ether oxygens (including phenoxy) is 2. The molecule has 4 rings (SSSR count). The predicted molar refractivity (Wildman–Crippen MR) is 96.5 cm³/mol. The van der Waals surface area contributed by atoms with Crippen molar-refractivity contribution in [3.05, 3.63) is 18.1 Å². The van der Waals surface area contributed by atoms with Crippen molar-refractivity contribution in [2.24, 2.45) is 0 Å². The smallest absolute Gasteiger partial charge is 0.272 e. The van der Waals surface area contributed by atoms with Gasteiger partial charge in [0.1, 0.15) is 23.9 Å². The van der Waals surface area contributed by atoms with Crippen LogP contribution >= 0.6 is 0 Å². The molecule has 0 bridgehead atoms. The van der Waals surface area contributed by atoms with Crippen molar-refractivity contribution < 1.29 is 19.1 Å². The van der Waals surface area contributed by atoms with Crippen LogP contribution < -0.4 is 4.90 Å². The number of piperazine rings is 1. The molecule has 0 N–H and O–H groups in total. The van der Waals surface area contributed by atoms with E-state index in [2.05, 4.69) is 14.9 Å². The maximum atomic E-state index is 12.8. The molecule has 1 aromatic heterocycles. The van der Waals surface area contributed by atoms with Crippen LogP contribution in [-0.2, 0) is 14.3 Å². The minimum absolute atomic E-state index is 0.0521. The van der Waals surface area contributed by atoms with Crippen molar-refractivity contribution in [3.63, 3.8) is 0 Å². The highest BCUT2D eigenvalue weighted by atomic mass is 16.5. The summed E-state index contributed by atoms with van der Waals surface area (Å²) < 4.78 is 10.8. The zero-order valence-electron chi connectivity index (χ0n) is 15.4. The van der Waals surface area contributed by atoms with E-state index in [-0.39, 0.29) is 17.9 Å². The Kier molecular flexibility index (Phi) is 5.49. The zero-order valence-corrected chi connectivity index (χ0v) is 15.4. The second-order valence-corrected chi connectivity index (χ2v) is 6.98. The van der Waals surface area contributed by atoms with Gasteiger partial charge in [-0.1, -0.05) is 0 Å². The number of hydrogen-bond donors (Lipinski definition) is 0. The van der Waals surface area contributed by atoms with Crippen LogP contribution in [0.5, 0.6) is 0 Å². The van der Waals surface area contributed by atoms with E-state index in [4.69, 9.17) is 9.47 Å². The molecule has 0 radical (unpaired) electrons. The number of aromatic nitrogens is 2. The summed E-state index contributed by atoms with van der Waals surface area (Å²) in [4.78, 5) is 39.4. The molecule has 4 heterocycles. The van der Waals surface area contributed by atoms with Crippen LogP contribution in [0.1, 0.15) is 23.3 Å². The van der Waals surface area contributed by atoms with Gasteiger partial charge in [0, 0.05) is 51.9 Å². The number of carbonyl (C=O) groups is 2. The van der Waals surface area contributed by atoms with E-state index < -0.39 is 0 Å². The maximum Gasteiger partial charge on any atom is 0.272 e. The van der Waals surface area contributed by atoms with Gasteiger partial charge >= 0.3 is 0 Å². The summed E-state index contributed by atoms with van der Waals surface area (Å²) >= 11 is 0. The minimum Gasteiger partial charge on any atom is -0.378 e. The Hall–Kier alpha value is -2.26. The molecule has 1 atom stereocenters. The topological polar surface area (TPSA) is 88.1 Å². The molecule has 3 aliphatic heterocycles. The first-order chi connectivity index (χ1) is 13.2. The quantitative estimate of drug-likeness (QED) is 0.721. The van der Waals surface area contributed by atoms with Crippen LogP contribution in [0.15, 0.2) is 12.4 Å². The molecule has 1 aromatic rings. The average Bonchev–Trinajstić information content (AvgIpc) is 3.28. The minimum atomic E-state index is -0.301. The van der Waals surface area contributed by atoms with Crippen molar-refractivity contribution in [1.29, 1.82) is 0 Å². The van der Waals surface area contributed by atoms with Gasteiger partial charge in [-0.15, -0.1) is 0 Å². The maximum absolute atomic E-state index is 12.8. The second-order valence-electron chi connectivity index (χ2n) is 6.98. The van der Waals surface area contributed by atoms with Crippen LogP contribution in [-0.4, -0.2) is 96.8 Å². The third-order valence-electron chi connectivity index (χ3n) is 5.29. The average molecular weight is 375 g/mol. The number of morpholine rings is 1. The Morgan fingerprint density at radius 2 is 1.70 bits per heavy atom. The highest BCUT2D eigenvalue weighted by Crippen LogP contribution is 2.18. The molecule has 2 amide bonds. The Balaban J connectivity index is 1.35. The first kappa shape index (κ1) is 18.1. The summed E-state index contributed by atoms with van der Waals surface area (Å²) in [6, 6.07) is 1.75. The van der Waals surface area contributed by atoms with Crippen LogP contribution in [0.4, 0.5) is 5.82 Å². The standard InChI is InChI=1S/C18H25N5O4/c24-17(14-12-16(20-13-19-14)21-7-10-26-11-8-21)22-3-5-23(6-4-22)18(25)15-2-1-9-27-15/h12-13,15H,1-11H2. The lowest BCUT2D eigenvalue weighted by atomic mass is 10.2. The van der Waals surface area contributed by atoms with Gasteiger partial charge in [-0.05, 0) is 12.8 Å². The lowest BCUT2D eigenvalue weighted by Crippen LogP contribution is -2.53. The molecule has 0 saturated carbocycles. The molecule has 9 heteroatoms. The third-order valence-corrected chi connectivity index (χ3v) is 5.29. The summed E-state index contributed by atoms with van der Waals surface area (Å²) in [7, 11) is 0. The molecule has 1 unspecified atom stereocenters. The molecule has 0 spiro atoms. The van der Waals surface area contributed by atoms with Gasteiger partial charge in [0.2, 0.25) is 0 Å². The molecule has 3 fully saturated rings. The van der Waals surface area contributed by atoms with Gasteiger partial charge in [0.15, 0.2) is 0 Å². The van der Waals surface area contributed by atoms with Crippen LogP contribution in [0.2, 0.25) is 0 Å². The van der Waals surface area contributed by atoms with Gasteiger partial charge in [-0.2, -0.15) is 0 Å². The van der Waals surface area contributed by atoms with E-state index >= 15 is 0 Å². The Bertz CT molecular complexity index is 680. The normalized spacial score (nSPS) is 23.6. The molecule has 0 aliphatic carbocycles. The number of nitrogens with zero attached hydrogens (tertiary/aromatic N) is 5. The Morgan fingerprint density at radius 1 is 0.963 bits per heavy atom. The second kappa shape index (κ2) is 8.18. The van der Waals surface area contributed by atoms with Gasteiger partial charge in [0.25, 0.3) is 11.8 Å². The summed E-state index contributed by atoms with van der Waals surface area (Å²) in [5.41, 5.74) is 0.394. The van der Waals surface area contributed by atoms with Crippen LogP contribution in [0.3, 0.4) is 0 Å². The number of hydrogen-bond acceptors (Lipinski definition) is 7. The number of carbonyl (C=O) groups excluding carboxylic acids is 2. The highest BCUT2D eigenvalue weighted by Gasteiger charge is 2.32. The summed E-state index contributed by atoms with van der Waals surface area (Å²) in [6.45, 7) is 5.58. The van der Waals surface area contributed by atoms with Crippen molar-refractivity contribution in [2.45, 2.75) is 18.9 Å². The lowest BCUT2D eigenvalue weighted by molar-refractivity contribution is -0.142. The van der Waals surface area contributed by atoms with Crippen LogP contribution in [0.25, 0.3) is 0 Å². The predicted octanol–water partition coefficient (Wildman–Crippen LogP) is -0.223. The van der Waals surface area contributed by atoms with E-state index in [9.17, 15) is 9.59 Å². The summed E-state index contributed by atoms with van der Waals surface area (Å²) in [5.74, 6) is 0.691. The van der Waals surface area contributed by atoms with Gasteiger partial charge in [-0.25, -0.2) is 9.97 Å². The molecule has 27 heavy (non-hydrogen) atoms. The van der Waals surface area contributed by atoms with E-state index in [1.165, 1.54) is 6.33 Å². The first-order valence-electron chi connectivity index (χ1n) is 9.57. The van der Waals surface area contributed by atoms with Crippen LogP contribution in [0, 0.1) is 0 Å². The Labute approximate surface area is 158 Å². The monoisotopic (exact) mass is 375 g/mol. The molecule has 146 valence electrons. The molecular weight excluding hydrogens is 350 g/mol. The first-order valence-corrected chi connectivity index (χ1v) is 9.57. The lowest BCUT2D eigenvalue weighted by Gasteiger charge is -2.35. The molecule has 0 aromatic carbocycles. The third kappa shape index (κ3) is 4.03. The van der Waals surface area contributed by atoms with E-state index in [0.717, 1.165) is 31.7 Å². The largest absolute Gasteiger partial charge is 0.378 e. The van der Waals surface area contributed by atoms with Crippen molar-refractivity contribution >= 4 is 17.6 Å². The number of anilines is 1. The zero-order chi connectivity index (χ0) is 18.6. The SMILES string of the molecule is O=C(c1cc(N2CCOCC2)ncn1)N1CCN(C(=O)C2CCCO2)CC1. The highest BCUT2D eigenvalue weighted by molar-refractivity contribution is 5.93. The Morgan fingerprint density at radius 3 is 2.41 bits per heavy atom. The number of amides is 2. The fourth-order valence-corrected chi connectivity index (χ4v) is 3.70. The number of rotatable bonds is 3. The van der Waals surface area contributed by atoms with Crippen molar-refractivity contribution in [2.75, 3.05) is 64.0 Å². The summed E-state index contributed by atoms with van der Waals surface area (Å²) in [6.07, 6.45) is 2.87. The summed E-state index contributed by atoms with van der Waals surface area (Å²) in [5, 5.41) is 0. The molecule has 3 saturated heterocycles. The molecule has 9 nitrogen and oxygen atoms in total. The van der Waals surface area contributed by atoms with E-state index in [1.54, 1.807) is 15.9 Å². The van der Waals surface area contributed by atoms with Gasteiger partial charge in [0.05, 0.1) is 13.2 Å². The van der Waals surface area contributed by atoms with Gasteiger partial charge < -0.3 is 24.2 Å². The fraction of sp³-hybridized carbons (Fsp3) is 0.667.